The number of likely N-dealkylation sites (N-methyl/N-ethyl adjacent to an activating group) is 1. The van der Waals surface area contributed by atoms with E-state index in [1.54, 1.807) is 11.9 Å². The Morgan fingerprint density at radius 2 is 2.00 bits per heavy atom. The number of hydrogen-bond donors (Lipinski definition) is 1. The molecular weight excluding hydrogens is 302 g/mol. The second kappa shape index (κ2) is 5.85. The van der Waals surface area contributed by atoms with Gasteiger partial charge in [-0.2, -0.15) is 0 Å². The Labute approximate surface area is 139 Å². The number of para-hydroxylation sites is 3. The molecule has 1 aromatic heterocycles. The summed E-state index contributed by atoms with van der Waals surface area (Å²) in [5.41, 5.74) is 3.46. The molecule has 1 aliphatic heterocycles. The van der Waals surface area contributed by atoms with Crippen molar-refractivity contribution in [3.8, 4) is 5.75 Å². The third-order valence-electron chi connectivity index (χ3n) is 4.08. The zero-order valence-corrected chi connectivity index (χ0v) is 13.3. The highest BCUT2D eigenvalue weighted by Gasteiger charge is 2.20. The van der Waals surface area contributed by atoms with E-state index >= 15 is 0 Å². The monoisotopic (exact) mass is 319 g/mol. The largest absolute Gasteiger partial charge is 0.488 e. The molecule has 4 rings (SSSR count). The fraction of sp³-hybridized carbons (Fsp3) is 0.158. The van der Waals surface area contributed by atoms with E-state index in [0.717, 1.165) is 28.2 Å². The predicted octanol–water partition coefficient (Wildman–Crippen LogP) is 3.00. The number of amides is 1. The molecule has 2 heterocycles. The number of hydrogen-bond acceptors (Lipinski definition) is 3. The van der Waals surface area contributed by atoms with Gasteiger partial charge in [0.25, 0.3) is 5.91 Å². The lowest BCUT2D eigenvalue weighted by Gasteiger charge is -2.21. The van der Waals surface area contributed by atoms with E-state index in [0.29, 0.717) is 18.7 Å². The first-order chi connectivity index (χ1) is 11.7. The molecule has 120 valence electrons. The Morgan fingerprint density at radius 1 is 1.21 bits per heavy atom. The number of benzene rings is 2. The number of imidazole rings is 1. The summed E-state index contributed by atoms with van der Waals surface area (Å²) in [4.78, 5) is 22.1. The molecule has 2 aromatic carbocycles. The number of ether oxygens (including phenoxy) is 1. The van der Waals surface area contributed by atoms with Crippen molar-refractivity contribution >= 4 is 23.0 Å². The van der Waals surface area contributed by atoms with Crippen LogP contribution in [0.3, 0.4) is 0 Å². The number of aromatic amines is 1. The van der Waals surface area contributed by atoms with E-state index in [-0.39, 0.29) is 5.91 Å². The van der Waals surface area contributed by atoms with Crippen LogP contribution in [0.4, 0.5) is 0 Å². The smallest absolute Gasteiger partial charge is 0.253 e. The predicted molar refractivity (Wildman–Crippen MR) is 92.5 cm³/mol. The zero-order chi connectivity index (χ0) is 16.5. The summed E-state index contributed by atoms with van der Waals surface area (Å²) in [6.07, 6.45) is 1.90. The SMILES string of the molecule is CN(Cc1nc2ccccc2[nH]1)C(=O)C1=Cc2ccccc2OC1. The van der Waals surface area contributed by atoms with Crippen molar-refractivity contribution in [2.45, 2.75) is 6.54 Å². The number of carbonyl (C=O) groups excluding carboxylic acids is 1. The van der Waals surface area contributed by atoms with Crippen LogP contribution in [-0.2, 0) is 11.3 Å². The summed E-state index contributed by atoms with van der Waals surface area (Å²) in [5.74, 6) is 1.53. The van der Waals surface area contributed by atoms with Crippen molar-refractivity contribution in [2.24, 2.45) is 0 Å². The van der Waals surface area contributed by atoms with Crippen molar-refractivity contribution in [2.75, 3.05) is 13.7 Å². The number of aromatic nitrogens is 2. The van der Waals surface area contributed by atoms with Crippen molar-refractivity contribution in [3.63, 3.8) is 0 Å². The molecule has 0 fully saturated rings. The van der Waals surface area contributed by atoms with Crippen LogP contribution >= 0.6 is 0 Å². The van der Waals surface area contributed by atoms with Gasteiger partial charge >= 0.3 is 0 Å². The average molecular weight is 319 g/mol. The van der Waals surface area contributed by atoms with E-state index < -0.39 is 0 Å². The lowest BCUT2D eigenvalue weighted by Crippen LogP contribution is -2.30. The summed E-state index contributed by atoms with van der Waals surface area (Å²) in [6, 6.07) is 15.5. The maximum atomic E-state index is 12.7. The van der Waals surface area contributed by atoms with Gasteiger partial charge in [0.15, 0.2) is 0 Å². The number of H-pyrrole nitrogens is 1. The third kappa shape index (κ3) is 2.65. The lowest BCUT2D eigenvalue weighted by atomic mass is 10.1. The molecule has 1 amide bonds. The molecular formula is C19H17N3O2. The molecule has 0 saturated heterocycles. The molecule has 0 unspecified atom stereocenters. The molecule has 24 heavy (non-hydrogen) atoms. The Morgan fingerprint density at radius 3 is 2.88 bits per heavy atom. The van der Waals surface area contributed by atoms with Gasteiger partial charge in [0.1, 0.15) is 18.2 Å². The van der Waals surface area contributed by atoms with Crippen LogP contribution in [0.25, 0.3) is 17.1 Å². The van der Waals surface area contributed by atoms with Gasteiger partial charge in [-0.25, -0.2) is 4.98 Å². The van der Waals surface area contributed by atoms with Gasteiger partial charge in [0.05, 0.1) is 23.2 Å². The number of nitrogens with one attached hydrogen (secondary N) is 1. The fourth-order valence-corrected chi connectivity index (χ4v) is 2.86. The molecule has 0 radical (unpaired) electrons. The molecule has 0 bridgehead atoms. The fourth-order valence-electron chi connectivity index (χ4n) is 2.86. The van der Waals surface area contributed by atoms with Crippen LogP contribution in [-0.4, -0.2) is 34.4 Å². The maximum Gasteiger partial charge on any atom is 0.253 e. The first kappa shape index (κ1) is 14.5. The summed E-state index contributed by atoms with van der Waals surface area (Å²) in [6.45, 7) is 0.715. The zero-order valence-electron chi connectivity index (χ0n) is 13.3. The second-order valence-electron chi connectivity index (χ2n) is 5.86. The van der Waals surface area contributed by atoms with E-state index in [2.05, 4.69) is 9.97 Å². The molecule has 1 aliphatic rings. The molecule has 0 atom stereocenters. The van der Waals surface area contributed by atoms with E-state index in [1.807, 2.05) is 54.6 Å². The summed E-state index contributed by atoms with van der Waals surface area (Å²) < 4.78 is 5.67. The standard InChI is InChI=1S/C19H17N3O2/c1-22(11-18-20-15-7-3-4-8-16(15)21-18)19(23)14-10-13-6-2-5-9-17(13)24-12-14/h2-10H,11-12H2,1H3,(H,20,21). The molecule has 5 nitrogen and oxygen atoms in total. The first-order valence-corrected chi connectivity index (χ1v) is 7.82. The van der Waals surface area contributed by atoms with Gasteiger partial charge in [-0.1, -0.05) is 30.3 Å². The highest BCUT2D eigenvalue weighted by Crippen LogP contribution is 2.26. The third-order valence-corrected chi connectivity index (χ3v) is 4.08. The van der Waals surface area contributed by atoms with Crippen molar-refractivity contribution < 1.29 is 9.53 Å². The van der Waals surface area contributed by atoms with Gasteiger partial charge in [-0.3, -0.25) is 4.79 Å². The Hall–Kier alpha value is -3.08. The molecule has 0 spiro atoms. The molecule has 3 aromatic rings. The van der Waals surface area contributed by atoms with Crippen LogP contribution in [0.2, 0.25) is 0 Å². The maximum absolute atomic E-state index is 12.7. The number of nitrogens with zero attached hydrogens (tertiary/aromatic N) is 2. The quantitative estimate of drug-likeness (QED) is 0.807. The lowest BCUT2D eigenvalue weighted by molar-refractivity contribution is -0.126. The van der Waals surface area contributed by atoms with Gasteiger partial charge in [0, 0.05) is 12.6 Å². The normalized spacial score (nSPS) is 13.1. The number of fused-ring (bicyclic) bond motifs is 2. The minimum absolute atomic E-state index is 0.0510. The average Bonchev–Trinajstić information content (AvgIpc) is 3.02. The van der Waals surface area contributed by atoms with Crippen molar-refractivity contribution in [3.05, 3.63) is 65.5 Å². The van der Waals surface area contributed by atoms with E-state index in [9.17, 15) is 4.79 Å². The first-order valence-electron chi connectivity index (χ1n) is 7.82. The number of carbonyl (C=O) groups is 1. The van der Waals surface area contributed by atoms with Crippen LogP contribution in [0.5, 0.6) is 5.75 Å². The van der Waals surface area contributed by atoms with Crippen LogP contribution in [0.1, 0.15) is 11.4 Å². The summed E-state index contributed by atoms with van der Waals surface area (Å²) in [7, 11) is 1.77. The van der Waals surface area contributed by atoms with Gasteiger partial charge in [-0.05, 0) is 24.3 Å². The van der Waals surface area contributed by atoms with Crippen LogP contribution in [0, 0.1) is 0 Å². The summed E-state index contributed by atoms with van der Waals surface area (Å²) >= 11 is 0. The molecule has 0 saturated carbocycles. The number of rotatable bonds is 3. The molecule has 5 heteroatoms. The minimum Gasteiger partial charge on any atom is -0.488 e. The second-order valence-corrected chi connectivity index (χ2v) is 5.86. The van der Waals surface area contributed by atoms with Crippen LogP contribution < -0.4 is 4.74 Å². The minimum atomic E-state index is -0.0510. The van der Waals surface area contributed by atoms with Crippen molar-refractivity contribution in [1.82, 2.24) is 14.9 Å². The van der Waals surface area contributed by atoms with Gasteiger partial charge in [-0.15, -0.1) is 0 Å². The van der Waals surface area contributed by atoms with E-state index in [4.69, 9.17) is 4.74 Å². The topological polar surface area (TPSA) is 58.2 Å². The van der Waals surface area contributed by atoms with Gasteiger partial charge in [0.2, 0.25) is 0 Å². The van der Waals surface area contributed by atoms with Crippen molar-refractivity contribution in [1.29, 1.82) is 0 Å². The Kier molecular flexibility index (Phi) is 3.54. The van der Waals surface area contributed by atoms with E-state index in [1.165, 1.54) is 0 Å². The highest BCUT2D eigenvalue weighted by molar-refractivity contribution is 5.99. The highest BCUT2D eigenvalue weighted by atomic mass is 16.5. The summed E-state index contributed by atoms with van der Waals surface area (Å²) in [5, 5.41) is 0. The van der Waals surface area contributed by atoms with Gasteiger partial charge < -0.3 is 14.6 Å². The van der Waals surface area contributed by atoms with Crippen LogP contribution in [0.15, 0.2) is 54.1 Å². The molecule has 0 aliphatic carbocycles. The Balaban J connectivity index is 1.53. The molecule has 1 N–H and O–H groups in total. The Bertz CT molecular complexity index is 909.